The Morgan fingerprint density at radius 1 is 1.14 bits per heavy atom. The van der Waals surface area contributed by atoms with Gasteiger partial charge in [0.15, 0.2) is 0 Å². The molecule has 14 heavy (non-hydrogen) atoms. The van der Waals surface area contributed by atoms with Crippen LogP contribution in [0.5, 0.6) is 0 Å². The van der Waals surface area contributed by atoms with E-state index in [1.54, 1.807) is 0 Å². The quantitative estimate of drug-likeness (QED) is 0.696. The summed E-state index contributed by atoms with van der Waals surface area (Å²) in [6.07, 6.45) is 5.41. The van der Waals surface area contributed by atoms with E-state index in [2.05, 4.69) is 47.1 Å². The van der Waals surface area contributed by atoms with Crippen molar-refractivity contribution in [1.29, 1.82) is 0 Å². The summed E-state index contributed by atoms with van der Waals surface area (Å²) in [5, 5.41) is 6.21. The molecule has 0 fully saturated rings. The first kappa shape index (κ1) is 10.8. The van der Waals surface area contributed by atoms with Gasteiger partial charge in [0.05, 0.1) is 0 Å². The molecule has 0 heterocycles. The van der Waals surface area contributed by atoms with Crippen LogP contribution in [0, 0.1) is 0 Å². The van der Waals surface area contributed by atoms with Gasteiger partial charge >= 0.3 is 0 Å². The highest BCUT2D eigenvalue weighted by atomic mass is 14.8. The molecule has 2 N–H and O–H groups in total. The Hall–Kier alpha value is -1.28. The van der Waals surface area contributed by atoms with Crippen molar-refractivity contribution in [3.05, 3.63) is 35.9 Å². The Labute approximate surface area is 86.0 Å². The smallest absolute Gasteiger partial charge is 0.0337 e. The zero-order valence-electron chi connectivity index (χ0n) is 8.88. The second-order valence-electron chi connectivity index (χ2n) is 3.17. The van der Waals surface area contributed by atoms with E-state index in [4.69, 9.17) is 0 Å². The van der Waals surface area contributed by atoms with Crippen LogP contribution in [0.15, 0.2) is 30.3 Å². The molecule has 0 saturated carbocycles. The molecule has 2 nitrogen and oxygen atoms in total. The van der Waals surface area contributed by atoms with Crippen LogP contribution in [0.2, 0.25) is 0 Å². The molecule has 1 aromatic rings. The third-order valence-electron chi connectivity index (χ3n) is 2.07. The van der Waals surface area contributed by atoms with E-state index in [1.165, 1.54) is 5.56 Å². The Bertz CT molecular complexity index is 275. The van der Waals surface area contributed by atoms with Crippen LogP contribution in [-0.2, 0) is 0 Å². The molecule has 0 atom stereocenters. The van der Waals surface area contributed by atoms with E-state index < -0.39 is 0 Å². The van der Waals surface area contributed by atoms with Crippen LogP contribution in [0.3, 0.4) is 0 Å². The average molecular weight is 190 g/mol. The summed E-state index contributed by atoms with van der Waals surface area (Å²) < 4.78 is 0. The van der Waals surface area contributed by atoms with Crippen molar-refractivity contribution >= 4 is 11.8 Å². The van der Waals surface area contributed by atoms with E-state index in [1.807, 2.05) is 14.1 Å². The molecule has 0 unspecified atom stereocenters. The van der Waals surface area contributed by atoms with E-state index in [0.29, 0.717) is 0 Å². The molecule has 0 aromatic heterocycles. The molecule has 1 aromatic carbocycles. The average Bonchev–Trinajstić information content (AvgIpc) is 2.25. The SMILES string of the molecule is CNCCC=Cc1ccc(NC)cc1. The van der Waals surface area contributed by atoms with Crippen LogP contribution in [0.25, 0.3) is 6.08 Å². The maximum Gasteiger partial charge on any atom is 0.0337 e. The first-order chi connectivity index (χ1) is 6.86. The molecule has 1 rings (SSSR count). The largest absolute Gasteiger partial charge is 0.388 e. The first-order valence-electron chi connectivity index (χ1n) is 4.96. The van der Waals surface area contributed by atoms with Gasteiger partial charge in [-0.3, -0.25) is 0 Å². The molecule has 0 radical (unpaired) electrons. The van der Waals surface area contributed by atoms with Crippen LogP contribution in [-0.4, -0.2) is 20.6 Å². The van der Waals surface area contributed by atoms with Crippen molar-refractivity contribution < 1.29 is 0 Å². The molecule has 76 valence electrons. The van der Waals surface area contributed by atoms with Gasteiger partial charge < -0.3 is 10.6 Å². The first-order valence-corrected chi connectivity index (χ1v) is 4.96. The van der Waals surface area contributed by atoms with Gasteiger partial charge in [0, 0.05) is 12.7 Å². The fraction of sp³-hybridized carbons (Fsp3) is 0.333. The summed E-state index contributed by atoms with van der Waals surface area (Å²) in [4.78, 5) is 0. The number of benzene rings is 1. The van der Waals surface area contributed by atoms with Gasteiger partial charge in [-0.2, -0.15) is 0 Å². The van der Waals surface area contributed by atoms with Crippen LogP contribution in [0.4, 0.5) is 5.69 Å². The van der Waals surface area contributed by atoms with Crippen LogP contribution < -0.4 is 10.6 Å². The van der Waals surface area contributed by atoms with Gasteiger partial charge in [0.1, 0.15) is 0 Å². The van der Waals surface area contributed by atoms with Gasteiger partial charge in [0.25, 0.3) is 0 Å². The Morgan fingerprint density at radius 3 is 2.43 bits per heavy atom. The van der Waals surface area contributed by atoms with Gasteiger partial charge in [-0.25, -0.2) is 0 Å². The van der Waals surface area contributed by atoms with Crippen LogP contribution >= 0.6 is 0 Å². The Kier molecular flexibility index (Phi) is 4.79. The van der Waals surface area contributed by atoms with E-state index in [9.17, 15) is 0 Å². The summed E-state index contributed by atoms with van der Waals surface area (Å²) in [7, 11) is 3.90. The Balaban J connectivity index is 2.47. The molecule has 0 saturated heterocycles. The molecule has 2 heteroatoms. The highest BCUT2D eigenvalue weighted by Gasteiger charge is 1.87. The number of nitrogens with one attached hydrogen (secondary N) is 2. The highest BCUT2D eigenvalue weighted by Crippen LogP contribution is 2.09. The lowest BCUT2D eigenvalue weighted by atomic mass is 10.2. The van der Waals surface area contributed by atoms with Gasteiger partial charge in [-0.05, 0) is 37.7 Å². The lowest BCUT2D eigenvalue weighted by molar-refractivity contribution is 0.809. The molecule has 0 amide bonds. The maximum atomic E-state index is 3.11. The van der Waals surface area contributed by atoms with E-state index in [-0.39, 0.29) is 0 Å². The second-order valence-corrected chi connectivity index (χ2v) is 3.17. The normalized spacial score (nSPS) is 10.7. The van der Waals surface area contributed by atoms with E-state index >= 15 is 0 Å². The topological polar surface area (TPSA) is 24.1 Å². The van der Waals surface area contributed by atoms with Crippen molar-refractivity contribution in [3.8, 4) is 0 Å². The summed E-state index contributed by atoms with van der Waals surface area (Å²) in [6.45, 7) is 1.03. The van der Waals surface area contributed by atoms with Crippen molar-refractivity contribution in [1.82, 2.24) is 5.32 Å². The molecule has 0 spiro atoms. The fourth-order valence-electron chi connectivity index (χ4n) is 1.21. The summed E-state index contributed by atoms with van der Waals surface area (Å²) in [5.41, 5.74) is 2.40. The zero-order chi connectivity index (χ0) is 10.2. The number of anilines is 1. The van der Waals surface area contributed by atoms with Crippen molar-refractivity contribution in [2.45, 2.75) is 6.42 Å². The number of rotatable bonds is 5. The maximum absolute atomic E-state index is 3.11. The molecular weight excluding hydrogens is 172 g/mol. The summed E-state index contributed by atoms with van der Waals surface area (Å²) >= 11 is 0. The minimum atomic E-state index is 1.03. The van der Waals surface area contributed by atoms with E-state index in [0.717, 1.165) is 18.7 Å². The Morgan fingerprint density at radius 2 is 1.86 bits per heavy atom. The van der Waals surface area contributed by atoms with Gasteiger partial charge in [-0.15, -0.1) is 0 Å². The second kappa shape index (κ2) is 6.22. The number of hydrogen-bond acceptors (Lipinski definition) is 2. The minimum Gasteiger partial charge on any atom is -0.388 e. The highest BCUT2D eigenvalue weighted by molar-refractivity contribution is 5.54. The van der Waals surface area contributed by atoms with Crippen molar-refractivity contribution in [2.75, 3.05) is 26.0 Å². The summed E-state index contributed by atoms with van der Waals surface area (Å²) in [6, 6.07) is 8.39. The third-order valence-corrected chi connectivity index (χ3v) is 2.07. The van der Waals surface area contributed by atoms with Crippen molar-refractivity contribution in [3.63, 3.8) is 0 Å². The molecular formula is C12H18N2. The van der Waals surface area contributed by atoms with Crippen molar-refractivity contribution in [2.24, 2.45) is 0 Å². The number of hydrogen-bond donors (Lipinski definition) is 2. The molecule has 0 aliphatic heterocycles. The molecule has 0 aliphatic rings. The zero-order valence-corrected chi connectivity index (χ0v) is 8.88. The molecule has 0 aliphatic carbocycles. The standard InChI is InChI=1S/C12H18N2/c1-13-10-4-3-5-11-6-8-12(14-2)9-7-11/h3,5-9,13-14H,4,10H2,1-2H3. The lowest BCUT2D eigenvalue weighted by Gasteiger charge is -1.99. The lowest BCUT2D eigenvalue weighted by Crippen LogP contribution is -2.05. The summed E-state index contributed by atoms with van der Waals surface area (Å²) in [5.74, 6) is 0. The van der Waals surface area contributed by atoms with Gasteiger partial charge in [-0.1, -0.05) is 24.3 Å². The minimum absolute atomic E-state index is 1.03. The monoisotopic (exact) mass is 190 g/mol. The third kappa shape index (κ3) is 3.62. The predicted molar refractivity (Wildman–Crippen MR) is 63.6 cm³/mol. The molecule has 0 bridgehead atoms. The van der Waals surface area contributed by atoms with Crippen LogP contribution in [0.1, 0.15) is 12.0 Å². The van der Waals surface area contributed by atoms with Gasteiger partial charge in [0.2, 0.25) is 0 Å². The fourth-order valence-corrected chi connectivity index (χ4v) is 1.21. The predicted octanol–water partition coefficient (Wildman–Crippen LogP) is 2.35.